The van der Waals surface area contributed by atoms with Crippen molar-refractivity contribution in [3.05, 3.63) is 70.9 Å². The molecule has 6 nitrogen and oxygen atoms in total. The van der Waals surface area contributed by atoms with Crippen LogP contribution in [0.25, 0.3) is 11.3 Å². The Morgan fingerprint density at radius 2 is 1.88 bits per heavy atom. The third-order valence-corrected chi connectivity index (χ3v) is 3.99. The van der Waals surface area contributed by atoms with Crippen LogP contribution in [0.3, 0.4) is 0 Å². The van der Waals surface area contributed by atoms with Crippen molar-refractivity contribution in [1.29, 1.82) is 0 Å². The summed E-state index contributed by atoms with van der Waals surface area (Å²) in [6, 6.07) is 13.9. The Labute approximate surface area is 155 Å². The highest BCUT2D eigenvalue weighted by molar-refractivity contribution is 6.30. The maximum atomic E-state index is 12.6. The van der Waals surface area contributed by atoms with E-state index < -0.39 is 0 Å². The number of hydrogen-bond acceptors (Lipinski definition) is 3. The van der Waals surface area contributed by atoms with Gasteiger partial charge in [0, 0.05) is 28.4 Å². The molecule has 0 atom stereocenters. The third-order valence-electron chi connectivity index (χ3n) is 3.74. The molecule has 2 amide bonds. The van der Waals surface area contributed by atoms with Crippen molar-refractivity contribution in [2.75, 3.05) is 11.9 Å². The predicted octanol–water partition coefficient (Wildman–Crippen LogP) is 3.73. The maximum Gasteiger partial charge on any atom is 0.259 e. The molecular weight excluding hydrogens is 352 g/mol. The first-order chi connectivity index (χ1) is 12.6. The van der Waals surface area contributed by atoms with E-state index in [0.717, 1.165) is 5.56 Å². The van der Waals surface area contributed by atoms with Gasteiger partial charge in [0.25, 0.3) is 11.8 Å². The number of carbonyl (C=O) groups is 2. The van der Waals surface area contributed by atoms with Crippen molar-refractivity contribution in [2.45, 2.75) is 6.92 Å². The van der Waals surface area contributed by atoms with Gasteiger partial charge < -0.3 is 10.6 Å². The van der Waals surface area contributed by atoms with E-state index in [2.05, 4.69) is 20.8 Å². The lowest BCUT2D eigenvalue weighted by atomic mass is 10.1. The summed E-state index contributed by atoms with van der Waals surface area (Å²) in [5.74, 6) is -0.509. The number of aromatic nitrogens is 2. The molecule has 0 radical (unpaired) electrons. The van der Waals surface area contributed by atoms with E-state index in [-0.39, 0.29) is 11.8 Å². The lowest BCUT2D eigenvalue weighted by Crippen LogP contribution is -2.22. The predicted molar refractivity (Wildman–Crippen MR) is 101 cm³/mol. The monoisotopic (exact) mass is 368 g/mol. The minimum atomic E-state index is -0.322. The van der Waals surface area contributed by atoms with Crippen molar-refractivity contribution in [2.24, 2.45) is 0 Å². The standard InChI is InChI=1S/C19H17ClN4O2/c1-2-21-18(25)13-4-3-5-15(10-13)23-19(26)16-11-22-24-17(16)12-6-8-14(20)9-7-12/h3-11H,2H2,1H3,(H,21,25)(H,22,24)(H,23,26). The summed E-state index contributed by atoms with van der Waals surface area (Å²) in [6.45, 7) is 2.38. The molecule has 0 saturated heterocycles. The van der Waals surface area contributed by atoms with Crippen LogP contribution in [0, 0.1) is 0 Å². The minimum Gasteiger partial charge on any atom is -0.352 e. The van der Waals surface area contributed by atoms with E-state index in [1.165, 1.54) is 6.20 Å². The maximum absolute atomic E-state index is 12.6. The number of H-pyrrole nitrogens is 1. The van der Waals surface area contributed by atoms with E-state index in [4.69, 9.17) is 11.6 Å². The van der Waals surface area contributed by atoms with Crippen LogP contribution in [0.15, 0.2) is 54.7 Å². The lowest BCUT2D eigenvalue weighted by Gasteiger charge is -2.08. The Morgan fingerprint density at radius 3 is 2.62 bits per heavy atom. The molecule has 0 bridgehead atoms. The summed E-state index contributed by atoms with van der Waals surface area (Å²) in [4.78, 5) is 24.6. The van der Waals surface area contributed by atoms with Crippen LogP contribution in [-0.4, -0.2) is 28.6 Å². The second-order valence-corrected chi connectivity index (χ2v) is 6.00. The number of hydrogen-bond donors (Lipinski definition) is 3. The number of nitrogens with zero attached hydrogens (tertiary/aromatic N) is 1. The number of amides is 2. The number of nitrogens with one attached hydrogen (secondary N) is 3. The Hall–Kier alpha value is -3.12. The van der Waals surface area contributed by atoms with Gasteiger partial charge in [0.15, 0.2) is 0 Å². The van der Waals surface area contributed by atoms with E-state index in [9.17, 15) is 9.59 Å². The molecule has 3 N–H and O–H groups in total. The molecule has 0 fully saturated rings. The number of rotatable bonds is 5. The number of carbonyl (C=O) groups excluding carboxylic acids is 2. The molecule has 132 valence electrons. The van der Waals surface area contributed by atoms with Gasteiger partial charge in [-0.25, -0.2) is 0 Å². The summed E-state index contributed by atoms with van der Waals surface area (Å²) in [6.07, 6.45) is 1.47. The average molecular weight is 369 g/mol. The first kappa shape index (κ1) is 17.7. The molecule has 3 rings (SSSR count). The SMILES string of the molecule is CCNC(=O)c1cccc(NC(=O)c2cn[nH]c2-c2ccc(Cl)cc2)c1. The number of anilines is 1. The third kappa shape index (κ3) is 3.92. The van der Waals surface area contributed by atoms with Gasteiger partial charge in [-0.2, -0.15) is 5.10 Å². The quantitative estimate of drug-likeness (QED) is 0.641. The van der Waals surface area contributed by atoms with Gasteiger partial charge in [0.1, 0.15) is 0 Å². The van der Waals surface area contributed by atoms with Crippen molar-refractivity contribution >= 4 is 29.1 Å². The van der Waals surface area contributed by atoms with E-state index in [0.29, 0.717) is 34.1 Å². The summed E-state index contributed by atoms with van der Waals surface area (Å²) < 4.78 is 0. The second kappa shape index (κ2) is 7.84. The van der Waals surface area contributed by atoms with Crippen molar-refractivity contribution in [3.63, 3.8) is 0 Å². The molecule has 1 aromatic heterocycles. The van der Waals surface area contributed by atoms with E-state index in [1.54, 1.807) is 36.4 Å². The van der Waals surface area contributed by atoms with Crippen LogP contribution in [0.1, 0.15) is 27.6 Å². The molecule has 0 aliphatic carbocycles. The fraction of sp³-hybridized carbons (Fsp3) is 0.105. The summed E-state index contributed by atoms with van der Waals surface area (Å²) in [7, 11) is 0. The molecule has 1 heterocycles. The molecule has 7 heteroatoms. The van der Waals surface area contributed by atoms with Crippen molar-refractivity contribution in [3.8, 4) is 11.3 Å². The van der Waals surface area contributed by atoms with Crippen LogP contribution in [0.2, 0.25) is 5.02 Å². The normalized spacial score (nSPS) is 10.4. The van der Waals surface area contributed by atoms with Gasteiger partial charge in [-0.1, -0.05) is 29.8 Å². The zero-order valence-electron chi connectivity index (χ0n) is 14.0. The van der Waals surface area contributed by atoms with Gasteiger partial charge in [-0.3, -0.25) is 14.7 Å². The Balaban J connectivity index is 1.81. The summed E-state index contributed by atoms with van der Waals surface area (Å²) >= 11 is 5.91. The van der Waals surface area contributed by atoms with Crippen LogP contribution in [0.4, 0.5) is 5.69 Å². The zero-order valence-corrected chi connectivity index (χ0v) is 14.8. The molecule has 0 aliphatic heterocycles. The smallest absolute Gasteiger partial charge is 0.259 e. The van der Waals surface area contributed by atoms with Gasteiger partial charge in [-0.05, 0) is 37.3 Å². The van der Waals surface area contributed by atoms with Crippen LogP contribution >= 0.6 is 11.6 Å². The van der Waals surface area contributed by atoms with Gasteiger partial charge in [-0.15, -0.1) is 0 Å². The van der Waals surface area contributed by atoms with Gasteiger partial charge in [0.05, 0.1) is 17.5 Å². The summed E-state index contributed by atoms with van der Waals surface area (Å²) in [5.41, 5.74) is 2.81. The highest BCUT2D eigenvalue weighted by Crippen LogP contribution is 2.24. The minimum absolute atomic E-state index is 0.186. The highest BCUT2D eigenvalue weighted by Gasteiger charge is 2.16. The first-order valence-corrected chi connectivity index (χ1v) is 8.45. The van der Waals surface area contributed by atoms with E-state index in [1.807, 2.05) is 19.1 Å². The van der Waals surface area contributed by atoms with Crippen LogP contribution < -0.4 is 10.6 Å². The largest absolute Gasteiger partial charge is 0.352 e. The number of halogens is 1. The Bertz CT molecular complexity index is 935. The second-order valence-electron chi connectivity index (χ2n) is 5.56. The van der Waals surface area contributed by atoms with E-state index >= 15 is 0 Å². The molecular formula is C19H17ClN4O2. The molecule has 0 unspecified atom stereocenters. The van der Waals surface area contributed by atoms with Gasteiger partial charge in [0.2, 0.25) is 0 Å². The molecule has 2 aromatic carbocycles. The molecule has 0 saturated carbocycles. The van der Waals surface area contributed by atoms with Gasteiger partial charge >= 0.3 is 0 Å². The Kier molecular flexibility index (Phi) is 5.34. The Morgan fingerprint density at radius 1 is 1.12 bits per heavy atom. The van der Waals surface area contributed by atoms with Crippen LogP contribution in [-0.2, 0) is 0 Å². The highest BCUT2D eigenvalue weighted by atomic mass is 35.5. The number of benzene rings is 2. The topological polar surface area (TPSA) is 86.9 Å². The molecule has 26 heavy (non-hydrogen) atoms. The zero-order chi connectivity index (χ0) is 18.5. The molecule has 0 spiro atoms. The lowest BCUT2D eigenvalue weighted by molar-refractivity contribution is 0.0954. The molecule has 0 aliphatic rings. The van der Waals surface area contributed by atoms with Crippen molar-refractivity contribution < 1.29 is 9.59 Å². The fourth-order valence-electron chi connectivity index (χ4n) is 2.49. The van der Waals surface area contributed by atoms with Crippen LogP contribution in [0.5, 0.6) is 0 Å². The number of aromatic amines is 1. The van der Waals surface area contributed by atoms with Crippen molar-refractivity contribution in [1.82, 2.24) is 15.5 Å². The first-order valence-electron chi connectivity index (χ1n) is 8.07. The molecule has 3 aromatic rings. The average Bonchev–Trinajstić information content (AvgIpc) is 3.13. The summed E-state index contributed by atoms with van der Waals surface area (Å²) in [5, 5.41) is 12.9. The fourth-order valence-corrected chi connectivity index (χ4v) is 2.62.